The molecule has 0 saturated heterocycles. The molecule has 1 heterocycles. The maximum Gasteiger partial charge on any atom is 0.123 e. The number of nitrogen functional groups attached to an aromatic ring is 1. The second-order valence-corrected chi connectivity index (χ2v) is 5.00. The van der Waals surface area contributed by atoms with Gasteiger partial charge < -0.3 is 15.8 Å². The smallest absolute Gasteiger partial charge is 0.123 e. The molecule has 0 aromatic carbocycles. The van der Waals surface area contributed by atoms with Crippen LogP contribution in [0.2, 0.25) is 0 Å². The molecule has 0 radical (unpaired) electrons. The molecule has 2 unspecified atom stereocenters. The van der Waals surface area contributed by atoms with Gasteiger partial charge in [-0.1, -0.05) is 13.8 Å². The normalized spacial score (nSPS) is 16.0. The van der Waals surface area contributed by atoms with Crippen molar-refractivity contribution in [2.45, 2.75) is 52.2 Å². The predicted octanol–water partition coefficient (Wildman–Crippen LogP) is 2.39. The largest absolute Gasteiger partial charge is 0.384 e. The van der Waals surface area contributed by atoms with Gasteiger partial charge in [-0.15, -0.1) is 0 Å². The summed E-state index contributed by atoms with van der Waals surface area (Å²) >= 11 is 0. The van der Waals surface area contributed by atoms with E-state index in [1.807, 2.05) is 19.1 Å². The molecule has 2 atom stereocenters. The minimum absolute atomic E-state index is 0.164. The van der Waals surface area contributed by atoms with E-state index >= 15 is 0 Å². The van der Waals surface area contributed by atoms with Crippen LogP contribution in [0.25, 0.3) is 0 Å². The third kappa shape index (κ3) is 4.48. The van der Waals surface area contributed by atoms with Crippen molar-refractivity contribution in [1.82, 2.24) is 10.3 Å². The van der Waals surface area contributed by atoms with Gasteiger partial charge in [-0.25, -0.2) is 4.98 Å². The molecular weight excluding hydrogens is 238 g/mol. The van der Waals surface area contributed by atoms with E-state index in [1.54, 1.807) is 6.20 Å². The predicted molar refractivity (Wildman–Crippen MR) is 80.1 cm³/mol. The third-order valence-electron chi connectivity index (χ3n) is 3.65. The molecule has 19 heavy (non-hydrogen) atoms. The zero-order valence-electron chi connectivity index (χ0n) is 12.6. The topological polar surface area (TPSA) is 60.2 Å². The second-order valence-electron chi connectivity index (χ2n) is 5.00. The van der Waals surface area contributed by atoms with Crippen LogP contribution >= 0.6 is 0 Å². The highest BCUT2D eigenvalue weighted by Crippen LogP contribution is 2.23. The lowest BCUT2D eigenvalue weighted by molar-refractivity contribution is -0.0546. The fourth-order valence-corrected chi connectivity index (χ4v) is 2.39. The van der Waals surface area contributed by atoms with Gasteiger partial charge in [-0.05, 0) is 50.9 Å². The lowest BCUT2D eigenvalue weighted by Gasteiger charge is -2.37. The van der Waals surface area contributed by atoms with Crippen LogP contribution in [0, 0.1) is 0 Å². The zero-order chi connectivity index (χ0) is 14.3. The number of nitrogens with one attached hydrogen (secondary N) is 1. The Bertz CT molecular complexity index is 383. The van der Waals surface area contributed by atoms with Crippen LogP contribution in [0.3, 0.4) is 0 Å². The molecule has 3 N–H and O–H groups in total. The van der Waals surface area contributed by atoms with E-state index in [2.05, 4.69) is 31.1 Å². The Morgan fingerprint density at radius 3 is 2.68 bits per heavy atom. The Kier molecular flexibility index (Phi) is 6.25. The van der Waals surface area contributed by atoms with Crippen LogP contribution < -0.4 is 11.1 Å². The number of hydrogen-bond acceptors (Lipinski definition) is 4. The molecule has 0 aliphatic rings. The maximum absolute atomic E-state index is 5.99. The van der Waals surface area contributed by atoms with E-state index in [1.165, 1.54) is 5.56 Å². The van der Waals surface area contributed by atoms with Crippen molar-refractivity contribution in [2.24, 2.45) is 0 Å². The Balaban J connectivity index is 2.87. The Morgan fingerprint density at radius 2 is 2.16 bits per heavy atom. The summed E-state index contributed by atoms with van der Waals surface area (Å²) in [6.07, 6.45) is 3.63. The molecule has 0 saturated carbocycles. The molecule has 0 aliphatic heterocycles. The summed E-state index contributed by atoms with van der Waals surface area (Å²) in [4.78, 5) is 4.04. The Hall–Kier alpha value is -1.13. The molecule has 1 aromatic heterocycles. The molecule has 0 amide bonds. The number of nitrogens with zero attached hydrogens (tertiary/aromatic N) is 1. The molecule has 4 nitrogen and oxygen atoms in total. The highest BCUT2D eigenvalue weighted by atomic mass is 16.5. The van der Waals surface area contributed by atoms with E-state index in [9.17, 15) is 0 Å². The summed E-state index contributed by atoms with van der Waals surface area (Å²) in [6.45, 7) is 10.2. The van der Waals surface area contributed by atoms with Gasteiger partial charge in [0.2, 0.25) is 0 Å². The van der Waals surface area contributed by atoms with Crippen LogP contribution in [0.15, 0.2) is 18.3 Å². The number of rotatable bonds is 8. The first-order valence-corrected chi connectivity index (χ1v) is 7.13. The molecule has 0 spiro atoms. The Labute approximate surface area is 116 Å². The Morgan fingerprint density at radius 1 is 1.42 bits per heavy atom. The maximum atomic E-state index is 5.99. The zero-order valence-corrected chi connectivity index (χ0v) is 12.6. The summed E-state index contributed by atoms with van der Waals surface area (Å²) in [5.41, 5.74) is 6.77. The van der Waals surface area contributed by atoms with Gasteiger partial charge in [-0.2, -0.15) is 0 Å². The van der Waals surface area contributed by atoms with E-state index in [4.69, 9.17) is 10.5 Å². The van der Waals surface area contributed by atoms with Gasteiger partial charge in [-0.3, -0.25) is 0 Å². The SMILES string of the molecule is CCNC(Cc1ccnc(N)c1)C(C)(CC)OCC. The fraction of sp³-hybridized carbons (Fsp3) is 0.667. The molecule has 1 rings (SSSR count). The monoisotopic (exact) mass is 265 g/mol. The van der Waals surface area contributed by atoms with Crippen LogP contribution in [0.1, 0.15) is 39.7 Å². The first kappa shape index (κ1) is 15.9. The lowest BCUT2D eigenvalue weighted by Crippen LogP contribution is -2.51. The minimum Gasteiger partial charge on any atom is -0.384 e. The van der Waals surface area contributed by atoms with Crippen molar-refractivity contribution in [1.29, 1.82) is 0 Å². The molecular formula is C15H27N3O. The molecule has 4 heteroatoms. The molecule has 1 aromatic rings. The van der Waals surface area contributed by atoms with Gasteiger partial charge in [0, 0.05) is 18.8 Å². The van der Waals surface area contributed by atoms with Crippen molar-refractivity contribution in [2.75, 3.05) is 18.9 Å². The average molecular weight is 265 g/mol. The van der Waals surface area contributed by atoms with Crippen molar-refractivity contribution in [3.05, 3.63) is 23.9 Å². The van der Waals surface area contributed by atoms with Crippen molar-refractivity contribution in [3.8, 4) is 0 Å². The van der Waals surface area contributed by atoms with Crippen LogP contribution in [0.5, 0.6) is 0 Å². The molecule has 0 fully saturated rings. The van der Waals surface area contributed by atoms with E-state index in [0.717, 1.165) is 26.0 Å². The van der Waals surface area contributed by atoms with Crippen LogP contribution in [0.4, 0.5) is 5.82 Å². The second kappa shape index (κ2) is 7.46. The average Bonchev–Trinajstić information content (AvgIpc) is 2.38. The number of aromatic nitrogens is 1. The highest BCUT2D eigenvalue weighted by molar-refractivity contribution is 5.32. The number of ether oxygens (including phenoxy) is 1. The van der Waals surface area contributed by atoms with Crippen molar-refractivity contribution in [3.63, 3.8) is 0 Å². The summed E-state index contributed by atoms with van der Waals surface area (Å²) in [5.74, 6) is 0.572. The summed E-state index contributed by atoms with van der Waals surface area (Å²) in [6, 6.07) is 4.22. The number of nitrogens with two attached hydrogens (primary N) is 1. The van der Waals surface area contributed by atoms with Gasteiger partial charge >= 0.3 is 0 Å². The van der Waals surface area contributed by atoms with E-state index in [0.29, 0.717) is 5.82 Å². The molecule has 0 aliphatic carbocycles. The van der Waals surface area contributed by atoms with Gasteiger partial charge in [0.15, 0.2) is 0 Å². The van der Waals surface area contributed by atoms with E-state index in [-0.39, 0.29) is 11.6 Å². The number of likely N-dealkylation sites (N-methyl/N-ethyl adjacent to an activating group) is 1. The van der Waals surface area contributed by atoms with E-state index < -0.39 is 0 Å². The highest BCUT2D eigenvalue weighted by Gasteiger charge is 2.32. The number of pyridine rings is 1. The number of anilines is 1. The summed E-state index contributed by atoms with van der Waals surface area (Å²) < 4.78 is 5.99. The lowest BCUT2D eigenvalue weighted by atomic mass is 9.88. The standard InChI is InChI=1S/C15H27N3O/c1-5-15(4,19-7-3)13(17-6-2)10-12-8-9-18-14(16)11-12/h8-9,11,13,17H,5-7,10H2,1-4H3,(H2,16,18). The van der Waals surface area contributed by atoms with Crippen LogP contribution in [-0.2, 0) is 11.2 Å². The molecule has 0 bridgehead atoms. The van der Waals surface area contributed by atoms with Crippen LogP contribution in [-0.4, -0.2) is 29.8 Å². The van der Waals surface area contributed by atoms with Gasteiger partial charge in [0.1, 0.15) is 5.82 Å². The minimum atomic E-state index is -0.164. The first-order chi connectivity index (χ1) is 9.05. The van der Waals surface area contributed by atoms with Crippen molar-refractivity contribution < 1.29 is 4.74 Å². The molecule has 108 valence electrons. The summed E-state index contributed by atoms with van der Waals surface area (Å²) in [5, 5.41) is 3.54. The third-order valence-corrected chi connectivity index (χ3v) is 3.65. The first-order valence-electron chi connectivity index (χ1n) is 7.13. The fourth-order valence-electron chi connectivity index (χ4n) is 2.39. The van der Waals surface area contributed by atoms with Gasteiger partial charge in [0.05, 0.1) is 5.60 Å². The summed E-state index contributed by atoms with van der Waals surface area (Å²) in [7, 11) is 0. The van der Waals surface area contributed by atoms with Crippen molar-refractivity contribution >= 4 is 5.82 Å². The van der Waals surface area contributed by atoms with Gasteiger partial charge in [0.25, 0.3) is 0 Å². The quantitative estimate of drug-likeness (QED) is 0.757. The number of hydrogen-bond donors (Lipinski definition) is 2.